The van der Waals surface area contributed by atoms with Crippen LogP contribution in [0.4, 0.5) is 5.69 Å². The third-order valence-electron chi connectivity index (χ3n) is 3.96. The highest BCUT2D eigenvalue weighted by molar-refractivity contribution is 7.85. The van der Waals surface area contributed by atoms with Gasteiger partial charge in [-0.3, -0.25) is 4.98 Å². The molecule has 148 valence electrons. The first-order valence-corrected chi connectivity index (χ1v) is 10.2. The molecule has 8 heteroatoms. The number of hydrogen-bond acceptors (Lipinski definition) is 5. The van der Waals surface area contributed by atoms with Crippen LogP contribution in [0.3, 0.4) is 0 Å². The number of rotatable bonds is 5. The maximum Gasteiger partial charge on any atom is 0.152 e. The molecule has 2 N–H and O–H groups in total. The van der Waals surface area contributed by atoms with Crippen LogP contribution in [-0.2, 0) is 17.6 Å². The average Bonchev–Trinajstić information content (AvgIpc) is 2.65. The summed E-state index contributed by atoms with van der Waals surface area (Å²) in [5.74, 6) is 0.491. The average molecular weight is 420 g/mol. The molecule has 0 aliphatic carbocycles. The number of hydrogen-bond donors (Lipinski definition) is 2. The molecule has 2 heterocycles. The quantitative estimate of drug-likeness (QED) is 0.716. The molecular weight excluding hydrogens is 398 g/mol. The van der Waals surface area contributed by atoms with Gasteiger partial charge in [0.05, 0.1) is 15.5 Å². The largest absolute Gasteiger partial charge is 0.486 e. The van der Waals surface area contributed by atoms with Gasteiger partial charge < -0.3 is 15.2 Å². The molecule has 3 rings (SSSR count). The summed E-state index contributed by atoms with van der Waals surface area (Å²) in [6, 6.07) is 9.08. The Bertz CT molecular complexity index is 940. The third-order valence-corrected chi connectivity index (χ3v) is 5.60. The van der Waals surface area contributed by atoms with E-state index >= 15 is 0 Å². The van der Waals surface area contributed by atoms with Gasteiger partial charge in [0.2, 0.25) is 0 Å². The molecule has 1 aromatic carbocycles. The molecule has 0 saturated heterocycles. The van der Waals surface area contributed by atoms with E-state index in [4.69, 9.17) is 16.3 Å². The summed E-state index contributed by atoms with van der Waals surface area (Å²) in [5.41, 5.74) is 2.75. The number of ether oxygens (including phenoxy) is 1. The lowest BCUT2D eigenvalue weighted by Crippen LogP contribution is -2.26. The fraction of sp³-hybridized carbons (Fsp3) is 0.300. The molecule has 0 bridgehead atoms. The first-order chi connectivity index (χ1) is 13.2. The van der Waals surface area contributed by atoms with Gasteiger partial charge in [0.1, 0.15) is 23.3 Å². The van der Waals surface area contributed by atoms with Crippen LogP contribution in [-0.4, -0.2) is 31.5 Å². The number of aromatic nitrogens is 1. The fourth-order valence-electron chi connectivity index (χ4n) is 2.42. The van der Waals surface area contributed by atoms with Crippen LogP contribution < -0.4 is 10.1 Å². The number of anilines is 1. The molecule has 1 aliphatic rings. The van der Waals surface area contributed by atoms with Crippen molar-refractivity contribution in [2.24, 2.45) is 4.40 Å². The second kappa shape index (κ2) is 8.43. The van der Waals surface area contributed by atoms with E-state index in [0.717, 1.165) is 11.3 Å². The van der Waals surface area contributed by atoms with Crippen LogP contribution in [0.2, 0.25) is 5.02 Å². The van der Waals surface area contributed by atoms with Gasteiger partial charge in [-0.15, -0.1) is 0 Å². The van der Waals surface area contributed by atoms with E-state index in [1.54, 1.807) is 24.4 Å². The van der Waals surface area contributed by atoms with Crippen molar-refractivity contribution in [3.8, 4) is 5.75 Å². The Morgan fingerprint density at radius 2 is 2.18 bits per heavy atom. The van der Waals surface area contributed by atoms with Gasteiger partial charge in [-0.2, -0.15) is 4.40 Å². The normalized spacial score (nSPS) is 17.6. The Hall–Kier alpha value is -2.22. The molecule has 2 aromatic rings. The summed E-state index contributed by atoms with van der Waals surface area (Å²) < 4.78 is 21.4. The zero-order chi connectivity index (χ0) is 20.3. The van der Waals surface area contributed by atoms with Crippen molar-refractivity contribution in [3.63, 3.8) is 0 Å². The van der Waals surface area contributed by atoms with E-state index in [1.807, 2.05) is 39.0 Å². The van der Waals surface area contributed by atoms with Crippen molar-refractivity contribution in [1.29, 1.82) is 0 Å². The highest BCUT2D eigenvalue weighted by Gasteiger charge is 2.22. The van der Waals surface area contributed by atoms with Crippen molar-refractivity contribution in [3.05, 3.63) is 58.4 Å². The number of benzene rings is 1. The standard InChI is InChI=1S/C20H22ClN3O3S/c1-20(2,3)28(26)23-11-14-8-13-9-16(21)18(10-17(13)24-19(14)25)27-12-15-6-4-5-7-22-15/h4-11,19,24-25H,12H2,1-3H3. The number of aliphatic hydroxyl groups is 1. The molecule has 0 spiro atoms. The number of fused-ring (bicyclic) bond motifs is 1. The fourth-order valence-corrected chi connectivity index (χ4v) is 3.18. The molecular formula is C20H22ClN3O3S. The van der Waals surface area contributed by atoms with E-state index in [9.17, 15) is 9.32 Å². The van der Waals surface area contributed by atoms with Crippen molar-refractivity contribution < 1.29 is 14.1 Å². The summed E-state index contributed by atoms with van der Waals surface area (Å²) in [4.78, 5) is 4.21. The molecule has 1 aliphatic heterocycles. The molecule has 2 unspecified atom stereocenters. The Labute approximate surface area is 171 Å². The highest BCUT2D eigenvalue weighted by atomic mass is 35.5. The highest BCUT2D eigenvalue weighted by Crippen LogP contribution is 2.35. The lowest BCUT2D eigenvalue weighted by molar-refractivity contribution is 0.246. The molecule has 6 nitrogen and oxygen atoms in total. The Balaban J connectivity index is 1.80. The van der Waals surface area contributed by atoms with Crippen molar-refractivity contribution in [1.82, 2.24) is 4.98 Å². The minimum absolute atomic E-state index is 0.286. The molecule has 0 amide bonds. The molecule has 0 radical (unpaired) electrons. The zero-order valence-corrected chi connectivity index (χ0v) is 17.4. The van der Waals surface area contributed by atoms with Gasteiger partial charge >= 0.3 is 0 Å². The number of nitrogens with one attached hydrogen (secondary N) is 1. The van der Waals surface area contributed by atoms with Crippen LogP contribution in [0.15, 0.2) is 46.5 Å². The van der Waals surface area contributed by atoms with E-state index in [0.29, 0.717) is 22.0 Å². The van der Waals surface area contributed by atoms with Crippen LogP contribution in [0.25, 0.3) is 6.08 Å². The Morgan fingerprint density at radius 1 is 1.39 bits per heavy atom. The number of pyridine rings is 1. The summed E-state index contributed by atoms with van der Waals surface area (Å²) in [6.45, 7) is 5.80. The molecule has 28 heavy (non-hydrogen) atoms. The third kappa shape index (κ3) is 4.98. The zero-order valence-electron chi connectivity index (χ0n) is 15.8. The SMILES string of the molecule is CC(C)(C)S(=O)N=CC1=Cc2cc(Cl)c(OCc3ccccn3)cc2NC1O. The summed E-state index contributed by atoms with van der Waals surface area (Å²) in [5, 5.41) is 13.8. The summed E-state index contributed by atoms with van der Waals surface area (Å²) in [7, 11) is -1.40. The smallest absolute Gasteiger partial charge is 0.152 e. The van der Waals surface area contributed by atoms with Crippen LogP contribution in [0.1, 0.15) is 32.0 Å². The lowest BCUT2D eigenvalue weighted by Gasteiger charge is -2.23. The van der Waals surface area contributed by atoms with Crippen LogP contribution in [0.5, 0.6) is 5.75 Å². The minimum Gasteiger partial charge on any atom is -0.486 e. The van der Waals surface area contributed by atoms with E-state index in [-0.39, 0.29) is 6.61 Å². The van der Waals surface area contributed by atoms with Gasteiger partial charge in [0.15, 0.2) is 6.23 Å². The lowest BCUT2D eigenvalue weighted by atomic mass is 10.0. The van der Waals surface area contributed by atoms with Gasteiger partial charge in [0.25, 0.3) is 0 Å². The maximum atomic E-state index is 12.1. The van der Waals surface area contributed by atoms with Gasteiger partial charge in [-0.05, 0) is 50.6 Å². The van der Waals surface area contributed by atoms with Crippen LogP contribution >= 0.6 is 11.6 Å². The number of halogens is 1. The van der Waals surface area contributed by atoms with Crippen molar-refractivity contribution in [2.75, 3.05) is 5.32 Å². The predicted molar refractivity (Wildman–Crippen MR) is 114 cm³/mol. The van der Waals surface area contributed by atoms with Gasteiger partial charge in [-0.1, -0.05) is 17.7 Å². The Kier molecular flexibility index (Phi) is 6.17. The van der Waals surface area contributed by atoms with E-state index in [1.165, 1.54) is 6.21 Å². The van der Waals surface area contributed by atoms with E-state index < -0.39 is 22.0 Å². The van der Waals surface area contributed by atoms with Gasteiger partial charge in [0, 0.05) is 29.7 Å². The summed E-state index contributed by atoms with van der Waals surface area (Å²) in [6.07, 6.45) is 3.92. The first-order valence-electron chi connectivity index (χ1n) is 8.72. The maximum absolute atomic E-state index is 12.1. The molecule has 1 aromatic heterocycles. The second-order valence-electron chi connectivity index (χ2n) is 7.27. The van der Waals surface area contributed by atoms with Crippen molar-refractivity contribution >= 4 is 40.6 Å². The minimum atomic E-state index is -1.40. The molecule has 0 fully saturated rings. The topological polar surface area (TPSA) is 83.8 Å². The molecule has 0 saturated carbocycles. The Morgan fingerprint density at radius 3 is 2.86 bits per heavy atom. The predicted octanol–water partition coefficient (Wildman–Crippen LogP) is 3.97. The van der Waals surface area contributed by atoms with Gasteiger partial charge in [-0.25, -0.2) is 4.21 Å². The van der Waals surface area contributed by atoms with E-state index in [2.05, 4.69) is 14.7 Å². The molecule has 2 atom stereocenters. The first kappa shape index (κ1) is 20.5. The van der Waals surface area contributed by atoms with Crippen LogP contribution in [0, 0.1) is 0 Å². The number of aliphatic hydroxyl groups excluding tert-OH is 1. The monoisotopic (exact) mass is 419 g/mol. The second-order valence-corrected chi connectivity index (χ2v) is 9.61. The number of nitrogens with zero attached hydrogens (tertiary/aromatic N) is 2. The summed E-state index contributed by atoms with van der Waals surface area (Å²) >= 11 is 6.35. The van der Waals surface area contributed by atoms with Crippen molar-refractivity contribution in [2.45, 2.75) is 38.4 Å².